The highest BCUT2D eigenvalue weighted by molar-refractivity contribution is 9.11. The fourth-order valence-electron chi connectivity index (χ4n) is 4.29. The number of rotatable bonds is 6. The predicted molar refractivity (Wildman–Crippen MR) is 138 cm³/mol. The molecule has 1 N–H and O–H groups in total. The molecule has 0 aromatic heterocycles. The van der Waals surface area contributed by atoms with Crippen molar-refractivity contribution in [1.82, 2.24) is 10.2 Å². The molecule has 0 bridgehead atoms. The van der Waals surface area contributed by atoms with Crippen LogP contribution in [0.5, 0.6) is 0 Å². The lowest BCUT2D eigenvalue weighted by atomic mass is 9.70. The second-order valence-electron chi connectivity index (χ2n) is 9.81. The standard InChI is InChI=1S/C26H31Br2FN2O3/c1-25(2,3)34-24(33)31-12-9-26(10-13-31,19-4-6-22(29)7-5-19)17-23(32)30-11-8-18-14-20(27)16-21(28)15-18/h4-7,14-16H,8-13,17H2,1-3H3,(H,30,32). The van der Waals surface area contributed by atoms with Gasteiger partial charge in [-0.2, -0.15) is 0 Å². The number of piperidine rings is 1. The van der Waals surface area contributed by atoms with E-state index in [4.69, 9.17) is 4.74 Å². The molecule has 184 valence electrons. The molecule has 0 radical (unpaired) electrons. The van der Waals surface area contributed by atoms with Crippen LogP contribution >= 0.6 is 31.9 Å². The second-order valence-corrected chi connectivity index (χ2v) is 11.6. The van der Waals surface area contributed by atoms with Crippen LogP contribution in [0.15, 0.2) is 51.4 Å². The number of amides is 2. The van der Waals surface area contributed by atoms with Gasteiger partial charge in [0.2, 0.25) is 5.91 Å². The molecule has 8 heteroatoms. The van der Waals surface area contributed by atoms with Crippen LogP contribution in [0.2, 0.25) is 0 Å². The van der Waals surface area contributed by atoms with Gasteiger partial charge in [0.25, 0.3) is 0 Å². The highest BCUT2D eigenvalue weighted by atomic mass is 79.9. The van der Waals surface area contributed by atoms with E-state index < -0.39 is 11.0 Å². The number of ether oxygens (including phenoxy) is 1. The predicted octanol–water partition coefficient (Wildman–Crippen LogP) is 6.37. The van der Waals surface area contributed by atoms with Crippen LogP contribution < -0.4 is 5.32 Å². The van der Waals surface area contributed by atoms with Crippen LogP contribution in [-0.4, -0.2) is 42.1 Å². The number of hydrogen-bond donors (Lipinski definition) is 1. The van der Waals surface area contributed by atoms with Gasteiger partial charge in [-0.25, -0.2) is 9.18 Å². The number of carbonyl (C=O) groups excluding carboxylic acids is 2. The Hall–Kier alpha value is -1.93. The molecule has 2 aromatic rings. The molecule has 2 aromatic carbocycles. The van der Waals surface area contributed by atoms with Crippen molar-refractivity contribution in [1.29, 1.82) is 0 Å². The fraction of sp³-hybridized carbons (Fsp3) is 0.462. The zero-order chi connectivity index (χ0) is 24.9. The summed E-state index contributed by atoms with van der Waals surface area (Å²) in [4.78, 5) is 27.2. The Morgan fingerprint density at radius 2 is 1.65 bits per heavy atom. The molecule has 5 nitrogen and oxygen atoms in total. The molecule has 0 saturated carbocycles. The van der Waals surface area contributed by atoms with Crippen molar-refractivity contribution in [2.45, 2.75) is 57.5 Å². The van der Waals surface area contributed by atoms with Crippen molar-refractivity contribution < 1.29 is 18.7 Å². The third kappa shape index (κ3) is 7.54. The highest BCUT2D eigenvalue weighted by Crippen LogP contribution is 2.39. The van der Waals surface area contributed by atoms with Gasteiger partial charge in [-0.3, -0.25) is 4.79 Å². The van der Waals surface area contributed by atoms with Gasteiger partial charge in [0.15, 0.2) is 0 Å². The van der Waals surface area contributed by atoms with E-state index in [0.717, 1.165) is 20.1 Å². The van der Waals surface area contributed by atoms with Gasteiger partial charge in [0.1, 0.15) is 11.4 Å². The summed E-state index contributed by atoms with van der Waals surface area (Å²) in [6.45, 7) is 7.00. The number of nitrogens with zero attached hydrogens (tertiary/aromatic N) is 1. The Balaban J connectivity index is 1.66. The summed E-state index contributed by atoms with van der Waals surface area (Å²) in [5.41, 5.74) is 1.01. The Labute approximate surface area is 217 Å². The largest absolute Gasteiger partial charge is 0.444 e. The van der Waals surface area contributed by atoms with Gasteiger partial charge in [0, 0.05) is 40.4 Å². The number of nitrogens with one attached hydrogen (secondary N) is 1. The minimum Gasteiger partial charge on any atom is -0.444 e. The minimum absolute atomic E-state index is 0.0518. The summed E-state index contributed by atoms with van der Waals surface area (Å²) in [5.74, 6) is -0.362. The van der Waals surface area contributed by atoms with E-state index in [1.807, 2.05) is 39.0 Å². The molecule has 0 aliphatic carbocycles. The molecule has 0 spiro atoms. The van der Waals surface area contributed by atoms with Gasteiger partial charge >= 0.3 is 6.09 Å². The van der Waals surface area contributed by atoms with Gasteiger partial charge in [0.05, 0.1) is 0 Å². The molecule has 1 aliphatic rings. The van der Waals surface area contributed by atoms with Gasteiger partial charge in [-0.05, 0) is 81.5 Å². The van der Waals surface area contributed by atoms with Gasteiger partial charge < -0.3 is 15.0 Å². The van der Waals surface area contributed by atoms with Crippen molar-refractivity contribution in [3.63, 3.8) is 0 Å². The van der Waals surface area contributed by atoms with Crippen LogP contribution in [0.25, 0.3) is 0 Å². The first kappa shape index (κ1) is 26.7. The maximum absolute atomic E-state index is 13.6. The van der Waals surface area contributed by atoms with Crippen LogP contribution in [0.1, 0.15) is 51.2 Å². The molecule has 1 heterocycles. The monoisotopic (exact) mass is 596 g/mol. The first-order chi connectivity index (χ1) is 16.0. The number of benzene rings is 2. The van der Waals surface area contributed by atoms with Gasteiger partial charge in [-0.1, -0.05) is 44.0 Å². The highest BCUT2D eigenvalue weighted by Gasteiger charge is 2.40. The number of likely N-dealkylation sites (tertiary alicyclic amines) is 1. The molecule has 1 aliphatic heterocycles. The molecule has 1 fully saturated rings. The van der Waals surface area contributed by atoms with Crippen LogP contribution in [0.4, 0.5) is 9.18 Å². The zero-order valence-corrected chi connectivity index (χ0v) is 23.0. The molecule has 3 rings (SSSR count). The third-order valence-electron chi connectivity index (χ3n) is 5.99. The molecule has 0 atom stereocenters. The van der Waals surface area contributed by atoms with Gasteiger partial charge in [-0.15, -0.1) is 0 Å². The van der Waals surface area contributed by atoms with E-state index in [9.17, 15) is 14.0 Å². The number of carbonyl (C=O) groups is 2. The van der Waals surface area contributed by atoms with Crippen molar-refractivity contribution in [3.8, 4) is 0 Å². The molecule has 34 heavy (non-hydrogen) atoms. The average molecular weight is 598 g/mol. The van der Waals surface area contributed by atoms with E-state index in [2.05, 4.69) is 37.2 Å². The van der Waals surface area contributed by atoms with Crippen LogP contribution in [0, 0.1) is 5.82 Å². The molecule has 0 unspecified atom stereocenters. The lowest BCUT2D eigenvalue weighted by molar-refractivity contribution is -0.122. The van der Waals surface area contributed by atoms with Crippen molar-refractivity contribution in [2.24, 2.45) is 0 Å². The van der Waals surface area contributed by atoms with E-state index in [0.29, 0.717) is 38.9 Å². The van der Waals surface area contributed by atoms with E-state index in [1.165, 1.54) is 12.1 Å². The summed E-state index contributed by atoms with van der Waals surface area (Å²) in [6.07, 6.45) is 1.85. The van der Waals surface area contributed by atoms with Crippen LogP contribution in [-0.2, 0) is 21.4 Å². The average Bonchev–Trinajstić information content (AvgIpc) is 2.72. The molecule has 2 amide bonds. The summed E-state index contributed by atoms with van der Waals surface area (Å²) in [7, 11) is 0. The molecule has 1 saturated heterocycles. The minimum atomic E-state index is -0.563. The first-order valence-electron chi connectivity index (χ1n) is 11.4. The fourth-order valence-corrected chi connectivity index (χ4v) is 5.67. The third-order valence-corrected chi connectivity index (χ3v) is 6.90. The number of halogens is 3. The first-order valence-corrected chi connectivity index (χ1v) is 13.0. The molecular formula is C26H31Br2FN2O3. The summed E-state index contributed by atoms with van der Waals surface area (Å²) in [6, 6.07) is 12.4. The Morgan fingerprint density at radius 1 is 1.06 bits per heavy atom. The number of hydrogen-bond acceptors (Lipinski definition) is 3. The summed E-state index contributed by atoms with van der Waals surface area (Å²) < 4.78 is 21.1. The van der Waals surface area contributed by atoms with Crippen LogP contribution in [0.3, 0.4) is 0 Å². The maximum atomic E-state index is 13.6. The SMILES string of the molecule is CC(C)(C)OC(=O)N1CCC(CC(=O)NCCc2cc(Br)cc(Br)c2)(c2ccc(F)cc2)CC1. The Bertz CT molecular complexity index is 993. The van der Waals surface area contributed by atoms with E-state index in [1.54, 1.807) is 17.0 Å². The smallest absolute Gasteiger partial charge is 0.410 e. The quantitative estimate of drug-likeness (QED) is 0.421. The Morgan fingerprint density at radius 3 is 2.21 bits per heavy atom. The second kappa shape index (κ2) is 11.2. The molecular weight excluding hydrogens is 567 g/mol. The van der Waals surface area contributed by atoms with Crippen molar-refractivity contribution >= 4 is 43.9 Å². The zero-order valence-electron chi connectivity index (χ0n) is 19.8. The maximum Gasteiger partial charge on any atom is 0.410 e. The van der Waals surface area contributed by atoms with Crippen molar-refractivity contribution in [3.05, 3.63) is 68.4 Å². The summed E-state index contributed by atoms with van der Waals surface area (Å²) >= 11 is 6.97. The lowest BCUT2D eigenvalue weighted by Crippen LogP contribution is -2.48. The Kier molecular flexibility index (Phi) is 8.79. The summed E-state index contributed by atoms with van der Waals surface area (Å²) in [5, 5.41) is 3.04. The normalized spacial score (nSPS) is 15.6. The topological polar surface area (TPSA) is 58.6 Å². The lowest BCUT2D eigenvalue weighted by Gasteiger charge is -2.42. The van der Waals surface area contributed by atoms with E-state index >= 15 is 0 Å². The van der Waals surface area contributed by atoms with E-state index in [-0.39, 0.29) is 24.2 Å². The van der Waals surface area contributed by atoms with Crippen molar-refractivity contribution in [2.75, 3.05) is 19.6 Å².